The molecule has 0 N–H and O–H groups in total. The summed E-state index contributed by atoms with van der Waals surface area (Å²) in [6.45, 7) is 7.48. The number of benzene rings is 2. The highest BCUT2D eigenvalue weighted by molar-refractivity contribution is 8.00. The molecule has 30 heavy (non-hydrogen) atoms. The van der Waals surface area contributed by atoms with E-state index in [-0.39, 0.29) is 17.8 Å². The van der Waals surface area contributed by atoms with Crippen molar-refractivity contribution in [3.63, 3.8) is 0 Å². The van der Waals surface area contributed by atoms with Gasteiger partial charge in [-0.05, 0) is 55.5 Å². The predicted octanol–water partition coefficient (Wildman–Crippen LogP) is 4.33. The zero-order chi connectivity index (χ0) is 21.1. The monoisotopic (exact) mass is 423 g/mol. The van der Waals surface area contributed by atoms with E-state index in [2.05, 4.69) is 22.3 Å². The number of hydrogen-bond donors (Lipinski definition) is 0. The van der Waals surface area contributed by atoms with Crippen LogP contribution in [0.2, 0.25) is 0 Å². The van der Waals surface area contributed by atoms with Crippen molar-refractivity contribution >= 4 is 17.7 Å². The number of aryl methyl sites for hydroxylation is 2. The number of hydrogen-bond acceptors (Lipinski definition) is 6. The van der Waals surface area contributed by atoms with E-state index in [0.29, 0.717) is 17.7 Å². The molecule has 156 valence electrons. The van der Waals surface area contributed by atoms with Gasteiger partial charge in [0.1, 0.15) is 5.75 Å². The summed E-state index contributed by atoms with van der Waals surface area (Å²) in [6, 6.07) is 14.3. The van der Waals surface area contributed by atoms with E-state index in [4.69, 9.17) is 9.15 Å². The minimum absolute atomic E-state index is 0.0842. The molecule has 0 fully saturated rings. The summed E-state index contributed by atoms with van der Waals surface area (Å²) in [6.07, 6.45) is 0.889. The van der Waals surface area contributed by atoms with E-state index in [1.807, 2.05) is 56.0 Å². The van der Waals surface area contributed by atoms with Crippen molar-refractivity contribution in [1.82, 2.24) is 15.1 Å². The van der Waals surface area contributed by atoms with Gasteiger partial charge in [-0.15, -0.1) is 10.2 Å². The Morgan fingerprint density at radius 3 is 2.83 bits per heavy atom. The molecule has 1 amide bonds. The highest BCUT2D eigenvalue weighted by Crippen LogP contribution is 2.27. The Morgan fingerprint density at radius 1 is 1.20 bits per heavy atom. The molecule has 1 aromatic heterocycles. The quantitative estimate of drug-likeness (QED) is 0.550. The van der Waals surface area contributed by atoms with E-state index >= 15 is 0 Å². The maximum Gasteiger partial charge on any atom is 0.277 e. The minimum Gasteiger partial charge on any atom is -0.484 e. The molecule has 0 bridgehead atoms. The summed E-state index contributed by atoms with van der Waals surface area (Å²) >= 11 is 1.29. The third kappa shape index (κ3) is 4.67. The van der Waals surface area contributed by atoms with Gasteiger partial charge in [0.2, 0.25) is 5.91 Å². The fourth-order valence-electron chi connectivity index (χ4n) is 3.49. The lowest BCUT2D eigenvalue weighted by atomic mass is 10.00. The predicted molar refractivity (Wildman–Crippen MR) is 115 cm³/mol. The Kier molecular flexibility index (Phi) is 6.08. The largest absolute Gasteiger partial charge is 0.484 e. The standard InChI is InChI=1S/C23H25N3O3S/c1-15-8-9-16(2)20(12-15)28-14-21-24-25-23(29-21)30-17(3)22(27)26-11-10-18-6-4-5-7-19(18)13-26/h4-9,12,17H,10-11,13-14H2,1-3H3/t17-/m0/s1. The van der Waals surface area contributed by atoms with Crippen molar-refractivity contribution in [3.05, 3.63) is 70.6 Å². The van der Waals surface area contributed by atoms with Crippen LogP contribution in [0, 0.1) is 13.8 Å². The summed E-state index contributed by atoms with van der Waals surface area (Å²) in [5, 5.41) is 8.20. The third-order valence-corrected chi connectivity index (χ3v) is 6.13. The second kappa shape index (κ2) is 8.92. The molecular weight excluding hydrogens is 398 g/mol. The molecule has 0 saturated carbocycles. The Morgan fingerprint density at radius 2 is 2.00 bits per heavy atom. The lowest BCUT2D eigenvalue weighted by Gasteiger charge is -2.30. The fourth-order valence-corrected chi connectivity index (χ4v) is 4.27. The molecule has 7 heteroatoms. The Hall–Kier alpha value is -2.80. The van der Waals surface area contributed by atoms with Gasteiger partial charge < -0.3 is 14.1 Å². The van der Waals surface area contributed by atoms with Gasteiger partial charge in [0, 0.05) is 13.1 Å². The van der Waals surface area contributed by atoms with E-state index in [0.717, 1.165) is 29.8 Å². The van der Waals surface area contributed by atoms with E-state index in [9.17, 15) is 4.79 Å². The first kappa shape index (κ1) is 20.5. The topological polar surface area (TPSA) is 68.5 Å². The normalized spacial score (nSPS) is 14.3. The van der Waals surface area contributed by atoms with Crippen molar-refractivity contribution in [1.29, 1.82) is 0 Å². The van der Waals surface area contributed by atoms with Gasteiger partial charge in [0.15, 0.2) is 6.61 Å². The number of carbonyl (C=O) groups is 1. The number of nitrogens with zero attached hydrogens (tertiary/aromatic N) is 3. The van der Waals surface area contributed by atoms with Crippen LogP contribution >= 0.6 is 11.8 Å². The van der Waals surface area contributed by atoms with E-state index in [1.165, 1.54) is 22.9 Å². The van der Waals surface area contributed by atoms with Crippen LogP contribution in [0.5, 0.6) is 5.75 Å². The average Bonchev–Trinajstić information content (AvgIpc) is 3.20. The summed E-state index contributed by atoms with van der Waals surface area (Å²) in [5.74, 6) is 1.28. The second-order valence-electron chi connectivity index (χ2n) is 7.56. The number of rotatable bonds is 6. The zero-order valence-corrected chi connectivity index (χ0v) is 18.2. The van der Waals surface area contributed by atoms with Gasteiger partial charge in [-0.2, -0.15) is 0 Å². The molecule has 1 aliphatic heterocycles. The van der Waals surface area contributed by atoms with Crippen molar-refractivity contribution in [2.75, 3.05) is 6.54 Å². The SMILES string of the molecule is Cc1ccc(C)c(OCc2nnc(S[C@@H](C)C(=O)N3CCc4ccccc4C3)o2)c1. The van der Waals surface area contributed by atoms with Gasteiger partial charge in [-0.3, -0.25) is 4.79 Å². The number of fused-ring (bicyclic) bond motifs is 1. The smallest absolute Gasteiger partial charge is 0.277 e. The molecule has 2 heterocycles. The molecule has 3 aromatic rings. The van der Waals surface area contributed by atoms with Gasteiger partial charge in [-0.1, -0.05) is 48.2 Å². The molecular formula is C23H25N3O3S. The molecule has 2 aromatic carbocycles. The number of ether oxygens (including phenoxy) is 1. The van der Waals surface area contributed by atoms with Crippen LogP contribution in [0.25, 0.3) is 0 Å². The van der Waals surface area contributed by atoms with Crippen LogP contribution in [0.15, 0.2) is 52.1 Å². The molecule has 0 aliphatic carbocycles. The van der Waals surface area contributed by atoms with Crippen molar-refractivity contribution in [2.45, 2.75) is 50.8 Å². The summed E-state index contributed by atoms with van der Waals surface area (Å²) in [4.78, 5) is 14.8. The molecule has 0 radical (unpaired) electrons. The molecule has 4 rings (SSSR count). The van der Waals surface area contributed by atoms with Gasteiger partial charge in [0.25, 0.3) is 11.1 Å². The lowest BCUT2D eigenvalue weighted by molar-refractivity contribution is -0.131. The van der Waals surface area contributed by atoms with Crippen LogP contribution in [0.3, 0.4) is 0 Å². The zero-order valence-electron chi connectivity index (χ0n) is 17.4. The maximum absolute atomic E-state index is 12.9. The molecule has 1 aliphatic rings. The second-order valence-corrected chi connectivity index (χ2v) is 8.85. The molecule has 1 atom stereocenters. The first-order valence-corrected chi connectivity index (χ1v) is 10.9. The van der Waals surface area contributed by atoms with Crippen LogP contribution in [0.4, 0.5) is 0 Å². The molecule has 0 unspecified atom stereocenters. The fraction of sp³-hybridized carbons (Fsp3) is 0.348. The van der Waals surface area contributed by atoms with Crippen LogP contribution in [-0.2, 0) is 24.4 Å². The van der Waals surface area contributed by atoms with E-state index < -0.39 is 0 Å². The van der Waals surface area contributed by atoms with Crippen molar-refractivity contribution in [2.24, 2.45) is 0 Å². The summed E-state index contributed by atoms with van der Waals surface area (Å²) < 4.78 is 11.5. The Bertz CT molecular complexity index is 1050. The molecule has 6 nitrogen and oxygen atoms in total. The van der Waals surface area contributed by atoms with E-state index in [1.54, 1.807) is 0 Å². The lowest BCUT2D eigenvalue weighted by Crippen LogP contribution is -2.40. The Balaban J connectivity index is 1.33. The number of aromatic nitrogens is 2. The van der Waals surface area contributed by atoms with Gasteiger partial charge >= 0.3 is 0 Å². The minimum atomic E-state index is -0.302. The average molecular weight is 424 g/mol. The third-order valence-electron chi connectivity index (χ3n) is 5.21. The summed E-state index contributed by atoms with van der Waals surface area (Å²) in [5.41, 5.74) is 4.73. The van der Waals surface area contributed by atoms with Gasteiger partial charge in [0.05, 0.1) is 5.25 Å². The maximum atomic E-state index is 12.9. The molecule has 0 saturated heterocycles. The highest BCUT2D eigenvalue weighted by atomic mass is 32.2. The Labute approximate surface area is 180 Å². The summed E-state index contributed by atoms with van der Waals surface area (Å²) in [7, 11) is 0. The number of carbonyl (C=O) groups excluding carboxylic acids is 1. The van der Waals surface area contributed by atoms with Crippen LogP contribution in [-0.4, -0.2) is 32.8 Å². The van der Waals surface area contributed by atoms with Crippen LogP contribution in [0.1, 0.15) is 35.1 Å². The van der Waals surface area contributed by atoms with Crippen LogP contribution < -0.4 is 4.74 Å². The number of amides is 1. The first-order chi connectivity index (χ1) is 14.5. The number of thioether (sulfide) groups is 1. The molecule has 0 spiro atoms. The van der Waals surface area contributed by atoms with Crippen molar-refractivity contribution < 1.29 is 13.9 Å². The van der Waals surface area contributed by atoms with Crippen molar-refractivity contribution in [3.8, 4) is 5.75 Å². The van der Waals surface area contributed by atoms with Gasteiger partial charge in [-0.25, -0.2) is 0 Å². The first-order valence-electron chi connectivity index (χ1n) is 10.0. The highest BCUT2D eigenvalue weighted by Gasteiger charge is 2.26.